The Hall–Kier alpha value is -2.99. The van der Waals surface area contributed by atoms with Crippen molar-refractivity contribution in [1.29, 1.82) is 0 Å². The van der Waals surface area contributed by atoms with Crippen LogP contribution in [0.4, 0.5) is 0 Å². The Bertz CT molecular complexity index is 815. The van der Waals surface area contributed by atoms with Crippen LogP contribution in [-0.2, 0) is 19.1 Å². The van der Waals surface area contributed by atoms with Gasteiger partial charge in [-0.05, 0) is 28.8 Å². The van der Waals surface area contributed by atoms with Crippen molar-refractivity contribution in [3.63, 3.8) is 0 Å². The highest BCUT2D eigenvalue weighted by Gasteiger charge is 2.36. The molecule has 0 aromatic heterocycles. The Labute approximate surface area is 150 Å². The number of hydrogen-bond donors (Lipinski definition) is 2. The molecule has 0 fully saturated rings. The molecule has 2 aromatic rings. The summed E-state index contributed by atoms with van der Waals surface area (Å²) in [5.74, 6) is -5.31. The summed E-state index contributed by atoms with van der Waals surface area (Å²) in [4.78, 5) is 35.4. The first-order valence-electron chi connectivity index (χ1n) is 8.35. The van der Waals surface area contributed by atoms with Crippen LogP contribution in [0.5, 0.6) is 0 Å². The number of carbonyl (C=O) groups is 3. The second-order valence-electron chi connectivity index (χ2n) is 6.13. The normalized spacial score (nSPS) is 13.6. The lowest BCUT2D eigenvalue weighted by Crippen LogP contribution is -2.35. The highest BCUT2D eigenvalue weighted by molar-refractivity contribution is 6.14. The summed E-state index contributed by atoms with van der Waals surface area (Å²) in [5, 5.41) is 9.19. The Balaban J connectivity index is 1.80. The van der Waals surface area contributed by atoms with Crippen LogP contribution in [0, 0.1) is 5.92 Å². The molecule has 1 aliphatic carbocycles. The minimum Gasteiger partial charge on any atom is -0.480 e. The number of carbonyl (C=O) groups excluding carboxylic acids is 2. The topological polar surface area (TPSA) is 107 Å². The number of esters is 1. The molecule has 0 saturated carbocycles. The highest BCUT2D eigenvalue weighted by atomic mass is 16.5. The summed E-state index contributed by atoms with van der Waals surface area (Å²) in [6, 6.07) is 15.6. The maximum Gasteiger partial charge on any atom is 0.328 e. The van der Waals surface area contributed by atoms with E-state index in [0.29, 0.717) is 0 Å². The van der Waals surface area contributed by atoms with Gasteiger partial charge in [0.25, 0.3) is 0 Å². The molecule has 26 heavy (non-hydrogen) atoms. The van der Waals surface area contributed by atoms with E-state index in [1.54, 1.807) is 0 Å². The molecule has 0 aliphatic heterocycles. The van der Waals surface area contributed by atoms with Gasteiger partial charge in [-0.2, -0.15) is 0 Å². The molecule has 0 bridgehead atoms. The largest absolute Gasteiger partial charge is 0.480 e. The van der Waals surface area contributed by atoms with Gasteiger partial charge in [0.2, 0.25) is 5.92 Å². The number of carboxylic acid groups (broad SMARTS) is 1. The van der Waals surface area contributed by atoms with Gasteiger partial charge in [0, 0.05) is 12.3 Å². The average molecular weight is 353 g/mol. The van der Waals surface area contributed by atoms with Gasteiger partial charge in [0.1, 0.15) is 6.61 Å². The molecule has 6 nitrogen and oxygen atoms in total. The molecule has 0 spiro atoms. The van der Waals surface area contributed by atoms with Crippen LogP contribution in [0.2, 0.25) is 0 Å². The lowest BCUT2D eigenvalue weighted by Gasteiger charge is -2.16. The number of benzene rings is 2. The zero-order chi connectivity index (χ0) is 18.7. The van der Waals surface area contributed by atoms with E-state index in [1.807, 2.05) is 48.5 Å². The number of fused-ring (bicyclic) bond motifs is 3. The van der Waals surface area contributed by atoms with Crippen molar-refractivity contribution in [2.24, 2.45) is 11.7 Å². The Morgan fingerprint density at radius 2 is 1.54 bits per heavy atom. The molecule has 0 amide bonds. The molecule has 1 unspecified atom stereocenters. The maximum atomic E-state index is 12.2. The van der Waals surface area contributed by atoms with Crippen LogP contribution < -0.4 is 5.73 Å². The number of ether oxygens (including phenoxy) is 1. The van der Waals surface area contributed by atoms with Crippen LogP contribution in [0.15, 0.2) is 48.5 Å². The van der Waals surface area contributed by atoms with E-state index >= 15 is 0 Å². The van der Waals surface area contributed by atoms with Gasteiger partial charge in [0.05, 0.1) is 0 Å². The monoisotopic (exact) mass is 353 g/mol. The summed E-state index contributed by atoms with van der Waals surface area (Å²) in [6.07, 6.45) is -0.179. The fourth-order valence-corrected chi connectivity index (χ4v) is 3.34. The molecule has 3 N–H and O–H groups in total. The molecule has 2 aromatic carbocycles. The fraction of sp³-hybridized carbons (Fsp3) is 0.250. The summed E-state index contributed by atoms with van der Waals surface area (Å²) >= 11 is 0. The molecule has 0 radical (unpaired) electrons. The molecular weight excluding hydrogens is 334 g/mol. The Morgan fingerprint density at radius 3 is 2.04 bits per heavy atom. The van der Waals surface area contributed by atoms with Crippen molar-refractivity contribution in [2.45, 2.75) is 12.3 Å². The molecule has 1 aliphatic rings. The third-order valence-electron chi connectivity index (χ3n) is 4.55. The minimum absolute atomic E-state index is 0.0146. The minimum atomic E-state index is -1.83. The predicted octanol–water partition coefficient (Wildman–Crippen LogP) is 1.96. The number of hydrogen-bond acceptors (Lipinski definition) is 5. The molecule has 0 heterocycles. The summed E-state index contributed by atoms with van der Waals surface area (Å²) in [6.45, 7) is -0.0359. The van der Waals surface area contributed by atoms with E-state index < -0.39 is 23.6 Å². The Kier molecular flexibility index (Phi) is 5.14. The van der Waals surface area contributed by atoms with Gasteiger partial charge >= 0.3 is 11.9 Å². The third-order valence-corrected chi connectivity index (χ3v) is 4.55. The highest BCUT2D eigenvalue weighted by Crippen LogP contribution is 2.44. The van der Waals surface area contributed by atoms with E-state index in [9.17, 15) is 19.5 Å². The smallest absolute Gasteiger partial charge is 0.328 e. The number of Topliss-reactive ketones (excluding diaryl/α,β-unsaturated/α-hetero) is 1. The standard InChI is InChI=1S/C20H19NO5/c21-10-9-17(22)18(19(23)24)20(25)26-11-16-14-7-3-1-5-12(14)13-6-2-4-8-15(13)16/h1-8,16,18H,9-11,21H2,(H,23,24). The number of aliphatic carboxylic acids is 1. The van der Waals surface area contributed by atoms with E-state index in [2.05, 4.69) is 0 Å². The van der Waals surface area contributed by atoms with Gasteiger partial charge < -0.3 is 15.6 Å². The molecule has 0 saturated heterocycles. The van der Waals surface area contributed by atoms with Gasteiger partial charge in [-0.3, -0.25) is 14.4 Å². The van der Waals surface area contributed by atoms with Gasteiger partial charge in [-0.25, -0.2) is 0 Å². The maximum absolute atomic E-state index is 12.2. The lowest BCUT2D eigenvalue weighted by molar-refractivity contribution is -0.161. The summed E-state index contributed by atoms with van der Waals surface area (Å²) in [7, 11) is 0. The van der Waals surface area contributed by atoms with Gasteiger partial charge in [0.15, 0.2) is 5.78 Å². The SMILES string of the molecule is NCCC(=O)C(C(=O)O)C(=O)OCC1c2ccccc2-c2ccccc21. The first-order chi connectivity index (χ1) is 12.5. The summed E-state index contributed by atoms with van der Waals surface area (Å²) < 4.78 is 5.25. The van der Waals surface area contributed by atoms with Crippen molar-refractivity contribution >= 4 is 17.7 Å². The molecule has 3 rings (SSSR count). The van der Waals surface area contributed by atoms with E-state index in [1.165, 1.54) is 0 Å². The first kappa shape index (κ1) is 17.8. The number of ketones is 1. The van der Waals surface area contributed by atoms with Crippen LogP contribution in [0.25, 0.3) is 11.1 Å². The molecule has 134 valence electrons. The first-order valence-corrected chi connectivity index (χ1v) is 8.35. The van der Waals surface area contributed by atoms with Crippen molar-refractivity contribution < 1.29 is 24.2 Å². The van der Waals surface area contributed by atoms with Crippen LogP contribution in [0.3, 0.4) is 0 Å². The van der Waals surface area contributed by atoms with E-state index in [4.69, 9.17) is 10.5 Å². The molecule has 6 heteroatoms. The van der Waals surface area contributed by atoms with Crippen molar-refractivity contribution in [2.75, 3.05) is 13.2 Å². The van der Waals surface area contributed by atoms with Gasteiger partial charge in [-0.1, -0.05) is 48.5 Å². The zero-order valence-corrected chi connectivity index (χ0v) is 14.1. The lowest BCUT2D eigenvalue weighted by atomic mass is 9.97. The van der Waals surface area contributed by atoms with Gasteiger partial charge in [-0.15, -0.1) is 0 Å². The van der Waals surface area contributed by atoms with Crippen LogP contribution in [0.1, 0.15) is 23.5 Å². The third kappa shape index (κ3) is 3.23. The van der Waals surface area contributed by atoms with Crippen LogP contribution >= 0.6 is 0 Å². The Morgan fingerprint density at radius 1 is 1.00 bits per heavy atom. The van der Waals surface area contributed by atoms with Crippen molar-refractivity contribution in [3.8, 4) is 11.1 Å². The fourth-order valence-electron chi connectivity index (χ4n) is 3.34. The second kappa shape index (κ2) is 7.49. The number of rotatable bonds is 7. The molecule has 1 atom stereocenters. The van der Waals surface area contributed by atoms with Crippen molar-refractivity contribution in [3.05, 3.63) is 59.7 Å². The van der Waals surface area contributed by atoms with E-state index in [-0.39, 0.29) is 25.5 Å². The molecular formula is C20H19NO5. The number of carboxylic acids is 1. The van der Waals surface area contributed by atoms with Crippen molar-refractivity contribution in [1.82, 2.24) is 0 Å². The van der Waals surface area contributed by atoms with Crippen LogP contribution in [-0.4, -0.2) is 36.0 Å². The number of nitrogens with two attached hydrogens (primary N) is 1. The zero-order valence-electron chi connectivity index (χ0n) is 14.1. The second-order valence-corrected chi connectivity index (χ2v) is 6.13. The average Bonchev–Trinajstić information content (AvgIpc) is 2.94. The quantitative estimate of drug-likeness (QED) is 0.582. The van der Waals surface area contributed by atoms with E-state index in [0.717, 1.165) is 22.3 Å². The predicted molar refractivity (Wildman–Crippen MR) is 94.5 cm³/mol. The summed E-state index contributed by atoms with van der Waals surface area (Å²) in [5.41, 5.74) is 9.45.